The molecule has 0 aliphatic carbocycles. The molecule has 0 radical (unpaired) electrons. The quantitative estimate of drug-likeness (QED) is 0.364. The molecule has 0 aromatic carbocycles. The van der Waals surface area contributed by atoms with Crippen molar-refractivity contribution in [1.82, 2.24) is 19.5 Å². The number of nitrogens with zero attached hydrogens (tertiary/aromatic N) is 3. The van der Waals surface area contributed by atoms with Gasteiger partial charge in [-0.1, -0.05) is 0 Å². The Labute approximate surface area is 128 Å². The molecule has 4 rings (SSSR count). The third-order valence-electron chi connectivity index (χ3n) is 3.70. The predicted molar refractivity (Wildman–Crippen MR) is 74.7 cm³/mol. The number of nitrogens with two attached hydrogens (primary N) is 1. The van der Waals surface area contributed by atoms with Gasteiger partial charge >= 0.3 is 8.17 Å². The van der Waals surface area contributed by atoms with Gasteiger partial charge in [-0.05, 0) is 0 Å². The van der Waals surface area contributed by atoms with Crippen molar-refractivity contribution < 1.29 is 28.7 Å². The lowest BCUT2D eigenvalue weighted by Gasteiger charge is -2.24. The highest BCUT2D eigenvalue weighted by molar-refractivity contribution is 7.54. The van der Waals surface area contributed by atoms with Gasteiger partial charge in [0.05, 0.1) is 6.33 Å². The number of aliphatic hydroxyl groups excluding tert-OH is 1. The van der Waals surface area contributed by atoms with Gasteiger partial charge in [-0.3, -0.25) is 14.3 Å². The van der Waals surface area contributed by atoms with Crippen molar-refractivity contribution in [3.05, 3.63) is 16.7 Å². The standard InChI is InChI=1S/C10H12N5O7P/c11-10-13-7-4(8(17)14-10)12-2-15(7)9-5(16)6-3(21-9)1-20-23(18,19)22-6/h2-3,5-6,9,16,18-19H,1H2,(H2-,11,13,14,17)/p+1. The average Bonchev–Trinajstić information content (AvgIpc) is 3.00. The molecule has 2 aromatic heterocycles. The maximum atomic E-state index is 11.8. The summed E-state index contributed by atoms with van der Waals surface area (Å²) >= 11 is 0. The zero-order valence-electron chi connectivity index (χ0n) is 11.4. The van der Waals surface area contributed by atoms with E-state index in [-0.39, 0.29) is 23.7 Å². The van der Waals surface area contributed by atoms with Crippen molar-refractivity contribution in [2.75, 3.05) is 12.3 Å². The molecule has 4 unspecified atom stereocenters. The van der Waals surface area contributed by atoms with Crippen molar-refractivity contribution in [3.8, 4) is 0 Å². The molecule has 0 bridgehead atoms. The molecule has 12 nitrogen and oxygen atoms in total. The van der Waals surface area contributed by atoms with Gasteiger partial charge in [-0.2, -0.15) is 19.3 Å². The zero-order chi connectivity index (χ0) is 16.4. The summed E-state index contributed by atoms with van der Waals surface area (Å²) in [6.07, 6.45) is -2.67. The Morgan fingerprint density at radius 3 is 3.04 bits per heavy atom. The van der Waals surface area contributed by atoms with E-state index in [9.17, 15) is 19.7 Å². The van der Waals surface area contributed by atoms with Crippen LogP contribution in [0.25, 0.3) is 11.2 Å². The van der Waals surface area contributed by atoms with Gasteiger partial charge in [-0.25, -0.2) is 4.98 Å². The Morgan fingerprint density at radius 1 is 1.48 bits per heavy atom. The Morgan fingerprint density at radius 2 is 2.26 bits per heavy atom. The first kappa shape index (κ1) is 14.9. The molecule has 0 saturated carbocycles. The number of hydrogen-bond acceptors (Lipinski definition) is 10. The zero-order valence-corrected chi connectivity index (χ0v) is 12.3. The summed E-state index contributed by atoms with van der Waals surface area (Å²) < 4.78 is 16.7. The van der Waals surface area contributed by atoms with Crippen LogP contribution in [0.2, 0.25) is 0 Å². The molecule has 4 heterocycles. The molecular formula is C10H13N5O7P+. The number of H-pyrrole nitrogens is 1. The first-order valence-electron chi connectivity index (χ1n) is 6.59. The van der Waals surface area contributed by atoms with E-state index in [1.807, 2.05) is 0 Å². The number of hydrogen-bond donors (Lipinski definition) is 5. The van der Waals surface area contributed by atoms with Crippen LogP contribution < -0.4 is 11.3 Å². The van der Waals surface area contributed by atoms with Crippen LogP contribution in [0.5, 0.6) is 0 Å². The van der Waals surface area contributed by atoms with E-state index >= 15 is 0 Å². The van der Waals surface area contributed by atoms with E-state index in [1.165, 1.54) is 10.9 Å². The number of anilines is 1. The summed E-state index contributed by atoms with van der Waals surface area (Å²) in [5.41, 5.74) is 5.16. The monoisotopic (exact) mass is 346 g/mol. The minimum Gasteiger partial charge on any atom is -0.385 e. The number of aliphatic hydroxyl groups is 1. The maximum Gasteiger partial charge on any atom is 0.570 e. The lowest BCUT2D eigenvalue weighted by atomic mass is 10.1. The number of rotatable bonds is 1. The predicted octanol–water partition coefficient (Wildman–Crippen LogP) is -1.96. The first-order valence-corrected chi connectivity index (χ1v) is 8.12. The van der Waals surface area contributed by atoms with Crippen molar-refractivity contribution in [2.45, 2.75) is 24.5 Å². The number of aromatic amines is 1. The number of nitrogens with one attached hydrogen (secondary N) is 1. The minimum absolute atomic E-state index is 0.0354. The van der Waals surface area contributed by atoms with E-state index in [1.54, 1.807) is 0 Å². The van der Waals surface area contributed by atoms with Crippen LogP contribution in [-0.4, -0.2) is 59.3 Å². The van der Waals surface area contributed by atoms with Gasteiger partial charge in [0.25, 0.3) is 5.56 Å². The number of nitrogen functional groups attached to an aromatic ring is 1. The Bertz CT molecular complexity index is 822. The largest absolute Gasteiger partial charge is 0.570 e. The summed E-state index contributed by atoms with van der Waals surface area (Å²) in [6, 6.07) is 0. The molecule has 13 heteroatoms. The average molecular weight is 346 g/mol. The van der Waals surface area contributed by atoms with E-state index in [2.05, 4.69) is 15.0 Å². The molecule has 23 heavy (non-hydrogen) atoms. The SMILES string of the molecule is Nc1nc2c(ncn2C2OC3CO[P+](O)(O)OC3C2O)c(=O)[nH]1. The highest BCUT2D eigenvalue weighted by Crippen LogP contribution is 2.59. The number of aromatic nitrogens is 4. The smallest absolute Gasteiger partial charge is 0.385 e. The van der Waals surface area contributed by atoms with Crippen molar-refractivity contribution in [3.63, 3.8) is 0 Å². The van der Waals surface area contributed by atoms with Crippen LogP contribution in [-0.2, 0) is 13.8 Å². The molecular weight excluding hydrogens is 333 g/mol. The van der Waals surface area contributed by atoms with Crippen LogP contribution in [0.3, 0.4) is 0 Å². The lowest BCUT2D eigenvalue weighted by Crippen LogP contribution is -2.40. The Kier molecular flexibility index (Phi) is 3.19. The van der Waals surface area contributed by atoms with Crippen molar-refractivity contribution >= 4 is 25.3 Å². The van der Waals surface area contributed by atoms with E-state index in [0.29, 0.717) is 0 Å². The normalized spacial score (nSPS) is 33.0. The van der Waals surface area contributed by atoms with E-state index < -0.39 is 38.3 Å². The molecule has 2 aliphatic rings. The molecule has 2 saturated heterocycles. The van der Waals surface area contributed by atoms with Crippen LogP contribution >= 0.6 is 8.17 Å². The third kappa shape index (κ3) is 2.32. The molecule has 2 fully saturated rings. The fraction of sp³-hybridized carbons (Fsp3) is 0.500. The fourth-order valence-electron chi connectivity index (χ4n) is 2.70. The first-order chi connectivity index (χ1) is 10.9. The Hall–Kier alpha value is -1.66. The van der Waals surface area contributed by atoms with Crippen LogP contribution in [0.1, 0.15) is 6.23 Å². The van der Waals surface area contributed by atoms with E-state index in [0.717, 1.165) is 0 Å². The number of fused-ring (bicyclic) bond motifs is 2. The maximum absolute atomic E-state index is 11.8. The van der Waals surface area contributed by atoms with Gasteiger partial charge in [0.2, 0.25) is 5.95 Å². The fourth-order valence-corrected chi connectivity index (χ4v) is 3.68. The third-order valence-corrected chi connectivity index (χ3v) is 4.70. The molecule has 4 atom stereocenters. The van der Waals surface area contributed by atoms with Crippen LogP contribution in [0, 0.1) is 0 Å². The van der Waals surface area contributed by atoms with Crippen molar-refractivity contribution in [2.24, 2.45) is 0 Å². The van der Waals surface area contributed by atoms with E-state index in [4.69, 9.17) is 19.5 Å². The van der Waals surface area contributed by atoms with Gasteiger partial charge in [0.15, 0.2) is 23.5 Å². The topological polar surface area (TPSA) is 178 Å². The van der Waals surface area contributed by atoms with Gasteiger partial charge in [-0.15, -0.1) is 4.52 Å². The highest BCUT2D eigenvalue weighted by atomic mass is 31.2. The number of ether oxygens (including phenoxy) is 1. The summed E-state index contributed by atoms with van der Waals surface area (Å²) in [5.74, 6) is -0.107. The summed E-state index contributed by atoms with van der Waals surface area (Å²) in [5, 5.41) is 10.4. The van der Waals surface area contributed by atoms with Crippen LogP contribution in [0.4, 0.5) is 5.95 Å². The molecule has 6 N–H and O–H groups in total. The summed E-state index contributed by atoms with van der Waals surface area (Å²) in [6.45, 7) is -0.151. The minimum atomic E-state index is -3.97. The van der Waals surface area contributed by atoms with Gasteiger partial charge in [0, 0.05) is 0 Å². The molecule has 2 aliphatic heterocycles. The Balaban J connectivity index is 1.73. The molecule has 0 amide bonds. The second-order valence-corrected chi connectivity index (χ2v) is 6.64. The summed E-state index contributed by atoms with van der Waals surface area (Å²) in [4.78, 5) is 40.9. The summed E-state index contributed by atoms with van der Waals surface area (Å²) in [7, 11) is -3.97. The lowest BCUT2D eigenvalue weighted by molar-refractivity contribution is -0.0748. The van der Waals surface area contributed by atoms with Gasteiger partial charge < -0.3 is 15.6 Å². The molecule has 124 valence electrons. The molecule has 0 spiro atoms. The highest BCUT2D eigenvalue weighted by Gasteiger charge is 2.59. The van der Waals surface area contributed by atoms with Gasteiger partial charge in [0.1, 0.15) is 18.8 Å². The van der Waals surface area contributed by atoms with Crippen LogP contribution in [0.15, 0.2) is 11.1 Å². The second-order valence-electron chi connectivity index (χ2n) is 5.19. The van der Waals surface area contributed by atoms with Crippen molar-refractivity contribution in [1.29, 1.82) is 0 Å². The molecule has 2 aromatic rings. The second kappa shape index (κ2) is 4.92. The number of imidazole rings is 1.